The first-order valence-corrected chi connectivity index (χ1v) is 5.66. The quantitative estimate of drug-likeness (QED) is 0.611. The van der Waals surface area contributed by atoms with E-state index in [9.17, 15) is 0 Å². The predicted molar refractivity (Wildman–Crippen MR) is 52.2 cm³/mol. The molecule has 70 valence electrons. The fraction of sp³-hybridized carbons (Fsp3) is 1.00. The minimum atomic E-state index is 0.970. The lowest BCUT2D eigenvalue weighted by Gasteiger charge is -2.28. The van der Waals surface area contributed by atoms with Gasteiger partial charge in [0.2, 0.25) is 0 Å². The van der Waals surface area contributed by atoms with Crippen molar-refractivity contribution >= 4 is 0 Å². The highest BCUT2D eigenvalue weighted by Gasteiger charge is 2.31. The van der Waals surface area contributed by atoms with Crippen LogP contribution in [-0.4, -0.2) is 24.0 Å². The molecule has 0 N–H and O–H groups in total. The number of hydrogen-bond acceptors (Lipinski definition) is 1. The Morgan fingerprint density at radius 2 is 1.83 bits per heavy atom. The first kappa shape index (κ1) is 8.55. The van der Waals surface area contributed by atoms with Gasteiger partial charge in [-0.25, -0.2) is 0 Å². The van der Waals surface area contributed by atoms with Crippen LogP contribution in [0.4, 0.5) is 0 Å². The fourth-order valence-electron chi connectivity index (χ4n) is 3.05. The van der Waals surface area contributed by atoms with Gasteiger partial charge in [-0.05, 0) is 44.7 Å². The monoisotopic (exact) mass is 167 g/mol. The Hall–Kier alpha value is -0.0400. The van der Waals surface area contributed by atoms with Crippen LogP contribution < -0.4 is 0 Å². The van der Waals surface area contributed by atoms with Crippen molar-refractivity contribution in [3.63, 3.8) is 0 Å². The summed E-state index contributed by atoms with van der Waals surface area (Å²) in [5.41, 5.74) is 0. The van der Waals surface area contributed by atoms with E-state index < -0.39 is 0 Å². The van der Waals surface area contributed by atoms with Crippen molar-refractivity contribution in [2.75, 3.05) is 13.1 Å². The molecule has 2 rings (SSSR count). The SMILES string of the molecule is CC[C@@H]1CCC[C@H]1N1CCCC1. The van der Waals surface area contributed by atoms with Crippen LogP contribution in [0.1, 0.15) is 45.4 Å². The number of hydrogen-bond donors (Lipinski definition) is 0. The summed E-state index contributed by atoms with van der Waals surface area (Å²) in [5, 5.41) is 0. The van der Waals surface area contributed by atoms with Crippen LogP contribution >= 0.6 is 0 Å². The molecule has 1 nitrogen and oxygen atoms in total. The Morgan fingerprint density at radius 1 is 1.08 bits per heavy atom. The minimum Gasteiger partial charge on any atom is -0.300 e. The average Bonchev–Trinajstić information content (AvgIpc) is 2.74. The highest BCUT2D eigenvalue weighted by Crippen LogP contribution is 2.33. The van der Waals surface area contributed by atoms with E-state index in [1.54, 1.807) is 0 Å². The van der Waals surface area contributed by atoms with Gasteiger partial charge in [0.15, 0.2) is 0 Å². The van der Waals surface area contributed by atoms with Gasteiger partial charge >= 0.3 is 0 Å². The molecule has 1 aliphatic carbocycles. The van der Waals surface area contributed by atoms with Crippen LogP contribution in [0.2, 0.25) is 0 Å². The molecular weight excluding hydrogens is 146 g/mol. The van der Waals surface area contributed by atoms with E-state index in [4.69, 9.17) is 0 Å². The van der Waals surface area contributed by atoms with Crippen molar-refractivity contribution in [1.82, 2.24) is 4.90 Å². The summed E-state index contributed by atoms with van der Waals surface area (Å²) in [6, 6.07) is 0.970. The summed E-state index contributed by atoms with van der Waals surface area (Å²) >= 11 is 0. The van der Waals surface area contributed by atoms with Crippen LogP contribution in [0.5, 0.6) is 0 Å². The number of rotatable bonds is 2. The van der Waals surface area contributed by atoms with E-state index >= 15 is 0 Å². The Bertz CT molecular complexity index is 138. The van der Waals surface area contributed by atoms with Gasteiger partial charge in [-0.1, -0.05) is 19.8 Å². The second-order valence-corrected chi connectivity index (χ2v) is 4.41. The topological polar surface area (TPSA) is 3.24 Å². The molecule has 12 heavy (non-hydrogen) atoms. The first-order chi connectivity index (χ1) is 5.92. The molecule has 0 unspecified atom stereocenters. The zero-order chi connectivity index (χ0) is 8.39. The lowest BCUT2D eigenvalue weighted by molar-refractivity contribution is 0.194. The zero-order valence-corrected chi connectivity index (χ0v) is 8.26. The Morgan fingerprint density at radius 3 is 2.50 bits per heavy atom. The largest absolute Gasteiger partial charge is 0.300 e. The van der Waals surface area contributed by atoms with Gasteiger partial charge in [0.05, 0.1) is 0 Å². The molecule has 2 atom stereocenters. The highest BCUT2D eigenvalue weighted by molar-refractivity contribution is 4.86. The lowest BCUT2D eigenvalue weighted by Crippen LogP contribution is -2.35. The molecule has 0 aromatic heterocycles. The molecule has 0 radical (unpaired) electrons. The fourth-order valence-corrected chi connectivity index (χ4v) is 3.05. The van der Waals surface area contributed by atoms with E-state index in [0.29, 0.717) is 0 Å². The summed E-state index contributed by atoms with van der Waals surface area (Å²) in [6.45, 7) is 5.14. The van der Waals surface area contributed by atoms with Gasteiger partial charge in [-0.15, -0.1) is 0 Å². The molecule has 0 bridgehead atoms. The minimum absolute atomic E-state index is 0.970. The van der Waals surface area contributed by atoms with Crippen LogP contribution in [0.15, 0.2) is 0 Å². The highest BCUT2D eigenvalue weighted by atomic mass is 15.2. The molecule has 2 fully saturated rings. The van der Waals surface area contributed by atoms with Gasteiger partial charge in [0, 0.05) is 6.04 Å². The summed E-state index contributed by atoms with van der Waals surface area (Å²) in [4.78, 5) is 2.75. The van der Waals surface area contributed by atoms with E-state index in [-0.39, 0.29) is 0 Å². The molecule has 0 spiro atoms. The van der Waals surface area contributed by atoms with E-state index in [1.165, 1.54) is 51.6 Å². The van der Waals surface area contributed by atoms with Crippen molar-refractivity contribution in [3.05, 3.63) is 0 Å². The molecule has 0 amide bonds. The first-order valence-electron chi connectivity index (χ1n) is 5.66. The Balaban J connectivity index is 1.92. The van der Waals surface area contributed by atoms with E-state index in [0.717, 1.165) is 12.0 Å². The summed E-state index contributed by atoms with van der Waals surface area (Å²) in [5.74, 6) is 1.03. The average molecular weight is 167 g/mol. The van der Waals surface area contributed by atoms with Crippen LogP contribution in [0, 0.1) is 5.92 Å². The van der Waals surface area contributed by atoms with E-state index in [1.807, 2.05) is 0 Å². The van der Waals surface area contributed by atoms with Crippen molar-refractivity contribution < 1.29 is 0 Å². The van der Waals surface area contributed by atoms with Gasteiger partial charge in [0.1, 0.15) is 0 Å². The Kier molecular flexibility index (Phi) is 2.69. The maximum atomic E-state index is 2.75. The third-order valence-electron chi connectivity index (χ3n) is 3.75. The van der Waals surface area contributed by atoms with Crippen LogP contribution in [-0.2, 0) is 0 Å². The molecular formula is C11H21N. The van der Waals surface area contributed by atoms with Crippen molar-refractivity contribution in [2.24, 2.45) is 5.92 Å². The molecule has 1 heteroatoms. The number of nitrogens with zero attached hydrogens (tertiary/aromatic N) is 1. The lowest BCUT2D eigenvalue weighted by atomic mass is 10.00. The third kappa shape index (κ3) is 1.52. The second-order valence-electron chi connectivity index (χ2n) is 4.41. The second kappa shape index (κ2) is 3.78. The smallest absolute Gasteiger partial charge is 0.0123 e. The maximum absolute atomic E-state index is 2.75. The summed E-state index contributed by atoms with van der Waals surface area (Å²) in [7, 11) is 0. The molecule has 1 heterocycles. The molecule has 0 aromatic carbocycles. The normalized spacial score (nSPS) is 37.8. The van der Waals surface area contributed by atoms with E-state index in [2.05, 4.69) is 11.8 Å². The zero-order valence-electron chi connectivity index (χ0n) is 8.26. The molecule has 1 saturated carbocycles. The maximum Gasteiger partial charge on any atom is 0.0123 e. The van der Waals surface area contributed by atoms with Crippen LogP contribution in [0.25, 0.3) is 0 Å². The summed E-state index contributed by atoms with van der Waals surface area (Å²) < 4.78 is 0. The molecule has 1 saturated heterocycles. The molecule has 1 aliphatic heterocycles. The summed E-state index contributed by atoms with van der Waals surface area (Å²) in [6.07, 6.45) is 8.77. The predicted octanol–water partition coefficient (Wildman–Crippen LogP) is 2.66. The van der Waals surface area contributed by atoms with Gasteiger partial charge in [-0.2, -0.15) is 0 Å². The molecule has 2 aliphatic rings. The van der Waals surface area contributed by atoms with Crippen molar-refractivity contribution in [1.29, 1.82) is 0 Å². The van der Waals surface area contributed by atoms with Crippen LogP contribution in [0.3, 0.4) is 0 Å². The third-order valence-corrected chi connectivity index (χ3v) is 3.75. The van der Waals surface area contributed by atoms with Crippen molar-refractivity contribution in [2.45, 2.75) is 51.5 Å². The Labute approximate surface area is 76.1 Å². The van der Waals surface area contributed by atoms with Gasteiger partial charge < -0.3 is 4.90 Å². The number of likely N-dealkylation sites (tertiary alicyclic amines) is 1. The standard InChI is InChI=1S/C11H21N/c1-2-10-6-5-7-11(10)12-8-3-4-9-12/h10-11H,2-9H2,1H3/t10-,11-/m1/s1. The van der Waals surface area contributed by atoms with Gasteiger partial charge in [0.25, 0.3) is 0 Å². The molecule has 0 aromatic rings. The van der Waals surface area contributed by atoms with Crippen molar-refractivity contribution in [3.8, 4) is 0 Å². The van der Waals surface area contributed by atoms with Gasteiger partial charge in [-0.3, -0.25) is 0 Å².